The Morgan fingerprint density at radius 2 is 1.65 bits per heavy atom. The van der Waals surface area contributed by atoms with Crippen molar-refractivity contribution in [3.8, 4) is 0 Å². The third-order valence-electron chi connectivity index (χ3n) is 4.20. The van der Waals surface area contributed by atoms with Gasteiger partial charge in [0, 0.05) is 23.6 Å². The minimum atomic E-state index is -0.666. The van der Waals surface area contributed by atoms with Gasteiger partial charge in [-0.05, 0) is 42.3 Å². The molecule has 8 heteroatoms. The molecule has 2 rings (SSSR count). The van der Waals surface area contributed by atoms with Crippen LogP contribution in [0.3, 0.4) is 0 Å². The largest absolute Gasteiger partial charge is 0.456 e. The van der Waals surface area contributed by atoms with Crippen LogP contribution in [0.15, 0.2) is 48.5 Å². The molecule has 2 aromatic carbocycles. The van der Waals surface area contributed by atoms with Crippen molar-refractivity contribution >= 4 is 40.9 Å². The predicted octanol–water partition coefficient (Wildman–Crippen LogP) is 3.87. The molecule has 0 aliphatic rings. The normalized spacial score (nSPS) is 10.5. The zero-order chi connectivity index (χ0) is 22.8. The highest BCUT2D eigenvalue weighted by atomic mass is 35.5. The van der Waals surface area contributed by atoms with Crippen molar-refractivity contribution in [2.75, 3.05) is 18.5 Å². The van der Waals surface area contributed by atoms with Crippen LogP contribution in [0.2, 0.25) is 5.02 Å². The first kappa shape index (κ1) is 24.1. The smallest absolute Gasteiger partial charge is 0.306 e. The van der Waals surface area contributed by atoms with Gasteiger partial charge >= 0.3 is 5.97 Å². The number of ether oxygens (including phenoxy) is 1. The van der Waals surface area contributed by atoms with Gasteiger partial charge in [0.2, 0.25) is 0 Å². The number of Topliss-reactive ketones (excluding diaryl/α,β-unsaturated/α-hetero) is 1. The lowest BCUT2D eigenvalue weighted by molar-refractivity contribution is -0.147. The van der Waals surface area contributed by atoms with Crippen LogP contribution in [0, 0.1) is 5.92 Å². The lowest BCUT2D eigenvalue weighted by Crippen LogP contribution is -2.29. The Balaban J connectivity index is 1.81. The minimum Gasteiger partial charge on any atom is -0.456 e. The maximum absolute atomic E-state index is 12.3. The molecule has 2 amide bonds. The van der Waals surface area contributed by atoms with E-state index < -0.39 is 18.5 Å². The lowest BCUT2D eigenvalue weighted by atomic mass is 10.1. The molecular formula is C23H25ClN2O5. The summed E-state index contributed by atoms with van der Waals surface area (Å²) in [6, 6.07) is 12.9. The van der Waals surface area contributed by atoms with Gasteiger partial charge in [0.05, 0.1) is 17.7 Å². The molecule has 164 valence electrons. The van der Waals surface area contributed by atoms with Crippen molar-refractivity contribution in [3.63, 3.8) is 0 Å². The molecule has 0 spiro atoms. The van der Waals surface area contributed by atoms with Crippen LogP contribution in [0.4, 0.5) is 5.69 Å². The van der Waals surface area contributed by atoms with E-state index in [1.165, 1.54) is 0 Å². The van der Waals surface area contributed by atoms with Gasteiger partial charge in [-0.15, -0.1) is 0 Å². The summed E-state index contributed by atoms with van der Waals surface area (Å²) < 4.78 is 4.94. The molecule has 2 aromatic rings. The van der Waals surface area contributed by atoms with Crippen LogP contribution >= 0.6 is 11.6 Å². The number of hydrogen-bond acceptors (Lipinski definition) is 5. The Morgan fingerprint density at radius 1 is 0.968 bits per heavy atom. The summed E-state index contributed by atoms with van der Waals surface area (Å²) in [5, 5.41) is 5.88. The number of rotatable bonds is 10. The molecule has 0 saturated carbocycles. The molecule has 0 radical (unpaired) electrons. The van der Waals surface area contributed by atoms with Crippen LogP contribution in [0.1, 0.15) is 47.4 Å². The van der Waals surface area contributed by atoms with E-state index in [4.69, 9.17) is 16.3 Å². The van der Waals surface area contributed by atoms with Crippen molar-refractivity contribution in [3.05, 3.63) is 64.7 Å². The number of para-hydroxylation sites is 1. The van der Waals surface area contributed by atoms with Gasteiger partial charge in [0.15, 0.2) is 12.4 Å². The van der Waals surface area contributed by atoms with E-state index in [0.717, 1.165) is 0 Å². The summed E-state index contributed by atoms with van der Waals surface area (Å²) in [4.78, 5) is 48.4. The van der Waals surface area contributed by atoms with Gasteiger partial charge < -0.3 is 15.4 Å². The van der Waals surface area contributed by atoms with Crippen molar-refractivity contribution in [1.29, 1.82) is 0 Å². The fraction of sp³-hybridized carbons (Fsp3) is 0.304. The number of ketones is 1. The Labute approximate surface area is 186 Å². The summed E-state index contributed by atoms with van der Waals surface area (Å²) in [7, 11) is 0. The molecule has 0 aliphatic carbocycles. The summed E-state index contributed by atoms with van der Waals surface area (Å²) in [5.41, 5.74) is 1.08. The average molecular weight is 445 g/mol. The maximum atomic E-state index is 12.3. The van der Waals surface area contributed by atoms with Crippen molar-refractivity contribution in [2.24, 2.45) is 5.92 Å². The van der Waals surface area contributed by atoms with Gasteiger partial charge in [-0.3, -0.25) is 19.2 Å². The van der Waals surface area contributed by atoms with Gasteiger partial charge in [0.1, 0.15) is 0 Å². The fourth-order valence-electron chi connectivity index (χ4n) is 2.58. The standard InChI is InChI=1S/C23H25ClN2O5/c1-15(2)13-25-23(30)18-5-3-4-6-19(18)26-21(28)14-31-22(29)12-11-20(27)16-7-9-17(24)10-8-16/h3-10,15H,11-14H2,1-2H3,(H,25,30)(H,26,28). The first-order chi connectivity index (χ1) is 14.8. The number of carbonyl (C=O) groups excluding carboxylic acids is 4. The van der Waals surface area contributed by atoms with Crippen molar-refractivity contribution in [1.82, 2.24) is 5.32 Å². The molecule has 0 aromatic heterocycles. The molecule has 31 heavy (non-hydrogen) atoms. The van der Waals surface area contributed by atoms with Crippen LogP contribution in [-0.4, -0.2) is 36.7 Å². The van der Waals surface area contributed by atoms with E-state index in [0.29, 0.717) is 28.4 Å². The second-order valence-electron chi connectivity index (χ2n) is 7.29. The van der Waals surface area contributed by atoms with Gasteiger partial charge in [-0.1, -0.05) is 37.6 Å². The number of anilines is 1. The molecule has 0 unspecified atom stereocenters. The number of nitrogens with one attached hydrogen (secondary N) is 2. The van der Waals surface area contributed by atoms with Gasteiger partial charge in [-0.25, -0.2) is 0 Å². The number of carbonyl (C=O) groups is 4. The third kappa shape index (κ3) is 8.22. The molecule has 7 nitrogen and oxygen atoms in total. The molecule has 0 heterocycles. The number of halogens is 1. The average Bonchev–Trinajstić information content (AvgIpc) is 2.75. The van der Waals surface area contributed by atoms with E-state index in [-0.39, 0.29) is 30.4 Å². The molecule has 0 aliphatic heterocycles. The third-order valence-corrected chi connectivity index (χ3v) is 4.46. The lowest BCUT2D eigenvalue weighted by Gasteiger charge is -2.12. The Hall–Kier alpha value is -3.19. The van der Waals surface area contributed by atoms with Crippen LogP contribution < -0.4 is 10.6 Å². The maximum Gasteiger partial charge on any atom is 0.306 e. The summed E-state index contributed by atoms with van der Waals surface area (Å²) in [6.45, 7) is 3.94. The van der Waals surface area contributed by atoms with Crippen LogP contribution in [0.5, 0.6) is 0 Å². The molecule has 2 N–H and O–H groups in total. The van der Waals surface area contributed by atoms with Crippen LogP contribution in [-0.2, 0) is 14.3 Å². The van der Waals surface area contributed by atoms with Gasteiger partial charge in [0.25, 0.3) is 11.8 Å². The van der Waals surface area contributed by atoms with E-state index >= 15 is 0 Å². The van der Waals surface area contributed by atoms with E-state index in [1.807, 2.05) is 13.8 Å². The molecular weight excluding hydrogens is 420 g/mol. The zero-order valence-corrected chi connectivity index (χ0v) is 18.2. The molecule has 0 atom stereocenters. The fourth-order valence-corrected chi connectivity index (χ4v) is 2.71. The van der Waals surface area contributed by atoms with Crippen molar-refractivity contribution in [2.45, 2.75) is 26.7 Å². The SMILES string of the molecule is CC(C)CNC(=O)c1ccccc1NC(=O)COC(=O)CCC(=O)c1ccc(Cl)cc1. The van der Waals surface area contributed by atoms with Crippen molar-refractivity contribution < 1.29 is 23.9 Å². The summed E-state index contributed by atoms with van der Waals surface area (Å²) >= 11 is 5.78. The quantitative estimate of drug-likeness (QED) is 0.428. The number of amides is 2. The highest BCUT2D eigenvalue weighted by Gasteiger charge is 2.15. The monoisotopic (exact) mass is 444 g/mol. The Morgan fingerprint density at radius 3 is 2.32 bits per heavy atom. The second kappa shape index (κ2) is 11.9. The predicted molar refractivity (Wildman–Crippen MR) is 118 cm³/mol. The zero-order valence-electron chi connectivity index (χ0n) is 17.4. The molecule has 0 fully saturated rings. The number of hydrogen-bond donors (Lipinski definition) is 2. The highest BCUT2D eigenvalue weighted by molar-refractivity contribution is 6.30. The topological polar surface area (TPSA) is 102 Å². The summed E-state index contributed by atoms with van der Waals surface area (Å²) in [6.07, 6.45) is -0.191. The highest BCUT2D eigenvalue weighted by Crippen LogP contribution is 2.15. The molecule has 0 bridgehead atoms. The van der Waals surface area contributed by atoms with Gasteiger partial charge in [-0.2, -0.15) is 0 Å². The van der Waals surface area contributed by atoms with Crippen LogP contribution in [0.25, 0.3) is 0 Å². The van der Waals surface area contributed by atoms with E-state index in [2.05, 4.69) is 10.6 Å². The first-order valence-corrected chi connectivity index (χ1v) is 10.3. The molecule has 0 saturated heterocycles. The second-order valence-corrected chi connectivity index (χ2v) is 7.72. The Kier molecular flexibility index (Phi) is 9.21. The van der Waals surface area contributed by atoms with E-state index in [1.54, 1.807) is 48.5 Å². The number of esters is 1. The Bertz CT molecular complexity index is 941. The van der Waals surface area contributed by atoms with E-state index in [9.17, 15) is 19.2 Å². The first-order valence-electron chi connectivity index (χ1n) is 9.87. The minimum absolute atomic E-state index is 0.0407. The summed E-state index contributed by atoms with van der Waals surface area (Å²) in [5.74, 6) is -1.49. The number of benzene rings is 2.